The molecule has 1 aromatic rings. The Morgan fingerprint density at radius 3 is 2.50 bits per heavy atom. The van der Waals surface area contributed by atoms with Crippen LogP contribution in [0.25, 0.3) is 0 Å². The lowest BCUT2D eigenvalue weighted by atomic mass is 9.92. The van der Waals surface area contributed by atoms with Crippen LogP contribution in [0, 0.1) is 6.92 Å². The van der Waals surface area contributed by atoms with E-state index in [1.54, 1.807) is 0 Å². The van der Waals surface area contributed by atoms with Gasteiger partial charge in [-0.15, -0.1) is 11.3 Å². The van der Waals surface area contributed by atoms with Crippen LogP contribution in [0.3, 0.4) is 0 Å². The molecule has 2 unspecified atom stereocenters. The van der Waals surface area contributed by atoms with Gasteiger partial charge in [0.1, 0.15) is 0 Å². The maximum atomic E-state index is 5.94. The van der Waals surface area contributed by atoms with Gasteiger partial charge in [-0.2, -0.15) is 0 Å². The molecule has 0 saturated heterocycles. The van der Waals surface area contributed by atoms with Crippen LogP contribution in [-0.2, 0) is 4.74 Å². The molecule has 2 nitrogen and oxygen atoms in total. The van der Waals surface area contributed by atoms with Gasteiger partial charge < -0.3 is 10.1 Å². The first-order valence-corrected chi connectivity index (χ1v) is 6.76. The van der Waals surface area contributed by atoms with E-state index in [2.05, 4.69) is 45.1 Å². The molecule has 92 valence electrons. The Hall–Kier alpha value is -0.380. The van der Waals surface area contributed by atoms with Crippen LogP contribution in [0.1, 0.15) is 43.0 Å². The van der Waals surface area contributed by atoms with Crippen LogP contribution < -0.4 is 5.32 Å². The van der Waals surface area contributed by atoms with Gasteiger partial charge in [-0.05, 0) is 46.4 Å². The molecule has 1 rings (SSSR count). The Balaban J connectivity index is 2.95. The van der Waals surface area contributed by atoms with Gasteiger partial charge in [0.15, 0.2) is 0 Å². The number of rotatable bonds is 6. The molecule has 16 heavy (non-hydrogen) atoms. The van der Waals surface area contributed by atoms with E-state index in [1.807, 2.05) is 18.4 Å². The quantitative estimate of drug-likeness (QED) is 0.822. The van der Waals surface area contributed by atoms with Crippen molar-refractivity contribution < 1.29 is 4.74 Å². The molecule has 1 aromatic heterocycles. The van der Waals surface area contributed by atoms with Crippen LogP contribution in [0.15, 0.2) is 12.1 Å². The summed E-state index contributed by atoms with van der Waals surface area (Å²) in [7, 11) is 2.01. The summed E-state index contributed by atoms with van der Waals surface area (Å²) in [5, 5.41) is 3.39. The van der Waals surface area contributed by atoms with Crippen molar-refractivity contribution in [2.24, 2.45) is 0 Å². The summed E-state index contributed by atoms with van der Waals surface area (Å²) in [5.41, 5.74) is -0.124. The molecule has 0 amide bonds. The molecular formula is C13H23NOS. The van der Waals surface area contributed by atoms with Crippen molar-refractivity contribution in [3.63, 3.8) is 0 Å². The molecular weight excluding hydrogens is 218 g/mol. The summed E-state index contributed by atoms with van der Waals surface area (Å²) in [4.78, 5) is 2.71. The highest BCUT2D eigenvalue weighted by molar-refractivity contribution is 7.12. The third-order valence-corrected chi connectivity index (χ3v) is 4.19. The Labute approximate surface area is 103 Å². The molecule has 0 aliphatic carbocycles. The zero-order valence-electron chi connectivity index (χ0n) is 11.0. The predicted molar refractivity (Wildman–Crippen MR) is 71.2 cm³/mol. The minimum Gasteiger partial charge on any atom is -0.374 e. The summed E-state index contributed by atoms with van der Waals surface area (Å²) in [5.74, 6) is 0. The normalized spacial score (nSPS) is 17.1. The summed E-state index contributed by atoms with van der Waals surface area (Å²) >= 11 is 1.85. The summed E-state index contributed by atoms with van der Waals surface area (Å²) in [6, 6.07) is 4.65. The second kappa shape index (κ2) is 5.80. The monoisotopic (exact) mass is 241 g/mol. The lowest BCUT2D eigenvalue weighted by Gasteiger charge is -2.36. The number of aryl methyl sites for hydroxylation is 1. The Bertz CT molecular complexity index is 323. The first-order valence-electron chi connectivity index (χ1n) is 5.95. The van der Waals surface area contributed by atoms with Crippen LogP contribution in [0.5, 0.6) is 0 Å². The molecule has 0 aliphatic heterocycles. The van der Waals surface area contributed by atoms with Crippen molar-refractivity contribution in [1.82, 2.24) is 5.32 Å². The Kier molecular flexibility index (Phi) is 4.96. The Morgan fingerprint density at radius 1 is 1.44 bits per heavy atom. The molecule has 0 aliphatic rings. The zero-order valence-corrected chi connectivity index (χ0v) is 11.8. The maximum Gasteiger partial charge on any atom is 0.0853 e. The molecule has 2 atom stereocenters. The number of nitrogens with one attached hydrogen (secondary N) is 1. The van der Waals surface area contributed by atoms with Gasteiger partial charge in [0.25, 0.3) is 0 Å². The van der Waals surface area contributed by atoms with Crippen molar-refractivity contribution in [2.75, 3.05) is 13.7 Å². The second-order valence-electron chi connectivity index (χ2n) is 4.27. The van der Waals surface area contributed by atoms with Gasteiger partial charge in [-0.3, -0.25) is 0 Å². The largest absolute Gasteiger partial charge is 0.374 e. The minimum atomic E-state index is -0.124. The van der Waals surface area contributed by atoms with Crippen molar-refractivity contribution >= 4 is 11.3 Å². The Morgan fingerprint density at radius 2 is 2.12 bits per heavy atom. The highest BCUT2D eigenvalue weighted by Crippen LogP contribution is 2.35. The lowest BCUT2D eigenvalue weighted by Crippen LogP contribution is -2.41. The second-order valence-corrected chi connectivity index (χ2v) is 5.59. The molecule has 0 aromatic carbocycles. The fourth-order valence-electron chi connectivity index (χ4n) is 2.08. The van der Waals surface area contributed by atoms with Crippen LogP contribution >= 0.6 is 11.3 Å². The smallest absolute Gasteiger partial charge is 0.0853 e. The van der Waals surface area contributed by atoms with E-state index >= 15 is 0 Å². The van der Waals surface area contributed by atoms with Crippen molar-refractivity contribution in [2.45, 2.75) is 45.8 Å². The van der Waals surface area contributed by atoms with Gasteiger partial charge in [-0.1, -0.05) is 6.92 Å². The van der Waals surface area contributed by atoms with Crippen molar-refractivity contribution in [1.29, 1.82) is 0 Å². The SMILES string of the molecule is CCOC(C)(CC)C(NC)c1ccc(C)s1. The standard InChI is InChI=1S/C13H23NOS/c1-6-13(4,15-7-2)12(14-5)11-9-8-10(3)16-11/h8-9,12,14H,6-7H2,1-5H3. The molecule has 1 N–H and O–H groups in total. The average molecular weight is 241 g/mol. The number of hydrogen-bond donors (Lipinski definition) is 1. The number of thiophene rings is 1. The summed E-state index contributed by atoms with van der Waals surface area (Å²) < 4.78 is 5.94. The van der Waals surface area contributed by atoms with Gasteiger partial charge >= 0.3 is 0 Å². The van der Waals surface area contributed by atoms with E-state index in [0.29, 0.717) is 0 Å². The fourth-order valence-corrected chi connectivity index (χ4v) is 3.21. The molecule has 3 heteroatoms. The van der Waals surface area contributed by atoms with E-state index in [0.717, 1.165) is 13.0 Å². The summed E-state index contributed by atoms with van der Waals surface area (Å²) in [6.45, 7) is 9.32. The zero-order chi connectivity index (χ0) is 12.2. The minimum absolute atomic E-state index is 0.124. The molecule has 0 fully saturated rings. The number of likely N-dealkylation sites (N-methyl/N-ethyl adjacent to an activating group) is 1. The number of hydrogen-bond acceptors (Lipinski definition) is 3. The topological polar surface area (TPSA) is 21.3 Å². The van der Waals surface area contributed by atoms with E-state index in [-0.39, 0.29) is 11.6 Å². The van der Waals surface area contributed by atoms with Gasteiger partial charge in [-0.25, -0.2) is 0 Å². The van der Waals surface area contributed by atoms with Gasteiger partial charge in [0.2, 0.25) is 0 Å². The molecule has 1 heterocycles. The molecule has 0 saturated carbocycles. The third kappa shape index (κ3) is 2.84. The van der Waals surface area contributed by atoms with E-state index in [1.165, 1.54) is 9.75 Å². The molecule has 0 bridgehead atoms. The highest BCUT2D eigenvalue weighted by Gasteiger charge is 2.34. The maximum absolute atomic E-state index is 5.94. The van der Waals surface area contributed by atoms with Crippen LogP contribution in [0.2, 0.25) is 0 Å². The van der Waals surface area contributed by atoms with Gasteiger partial charge in [0, 0.05) is 16.4 Å². The van der Waals surface area contributed by atoms with Crippen molar-refractivity contribution in [3.05, 3.63) is 21.9 Å². The van der Waals surface area contributed by atoms with E-state index in [9.17, 15) is 0 Å². The molecule has 0 radical (unpaired) electrons. The average Bonchev–Trinajstić information content (AvgIpc) is 2.66. The van der Waals surface area contributed by atoms with E-state index < -0.39 is 0 Å². The first kappa shape index (κ1) is 13.7. The van der Waals surface area contributed by atoms with Crippen molar-refractivity contribution in [3.8, 4) is 0 Å². The van der Waals surface area contributed by atoms with Crippen LogP contribution in [-0.4, -0.2) is 19.3 Å². The van der Waals surface area contributed by atoms with E-state index in [4.69, 9.17) is 4.74 Å². The molecule has 0 spiro atoms. The summed E-state index contributed by atoms with van der Waals surface area (Å²) in [6.07, 6.45) is 1.00. The fraction of sp³-hybridized carbons (Fsp3) is 0.692. The number of ether oxygens (including phenoxy) is 1. The van der Waals surface area contributed by atoms with Crippen LogP contribution in [0.4, 0.5) is 0 Å². The first-order chi connectivity index (χ1) is 7.57. The van der Waals surface area contributed by atoms with Gasteiger partial charge in [0.05, 0.1) is 11.6 Å². The third-order valence-electron chi connectivity index (χ3n) is 3.12. The lowest BCUT2D eigenvalue weighted by molar-refractivity contribution is -0.0538. The highest BCUT2D eigenvalue weighted by atomic mass is 32.1. The predicted octanol–water partition coefficient (Wildman–Crippen LogP) is 3.52.